The third-order valence-corrected chi connectivity index (χ3v) is 4.08. The van der Waals surface area contributed by atoms with Crippen LogP contribution in [-0.2, 0) is 4.79 Å². The van der Waals surface area contributed by atoms with Crippen LogP contribution in [0.1, 0.15) is 19.8 Å². The smallest absolute Gasteiger partial charge is 0.317 e. The Morgan fingerprint density at radius 1 is 1.35 bits per heavy atom. The van der Waals surface area contributed by atoms with Crippen molar-refractivity contribution in [3.05, 3.63) is 29.3 Å². The summed E-state index contributed by atoms with van der Waals surface area (Å²) in [5.41, 5.74) is 0. The first-order valence-corrected chi connectivity index (χ1v) is 8.01. The molecular weight excluding hydrogens is 320 g/mol. The number of carbonyl (C=O) groups is 2. The number of nitrogens with one attached hydrogen (secondary N) is 1. The molecule has 1 aliphatic rings. The second-order valence-electron chi connectivity index (χ2n) is 5.67. The predicted molar refractivity (Wildman–Crippen MR) is 86.9 cm³/mol. The van der Waals surface area contributed by atoms with Crippen LogP contribution < -0.4 is 10.1 Å². The van der Waals surface area contributed by atoms with Crippen LogP contribution in [0.5, 0.6) is 5.75 Å². The molecule has 23 heavy (non-hydrogen) atoms. The molecule has 126 valence electrons. The highest BCUT2D eigenvalue weighted by molar-refractivity contribution is 6.30. The first-order valence-electron chi connectivity index (χ1n) is 7.63. The highest BCUT2D eigenvalue weighted by Crippen LogP contribution is 2.18. The van der Waals surface area contributed by atoms with Gasteiger partial charge in [-0.25, -0.2) is 4.79 Å². The molecule has 0 bridgehead atoms. The second-order valence-corrected chi connectivity index (χ2v) is 6.10. The van der Waals surface area contributed by atoms with E-state index in [0.717, 1.165) is 0 Å². The van der Waals surface area contributed by atoms with Gasteiger partial charge in [-0.15, -0.1) is 0 Å². The van der Waals surface area contributed by atoms with Gasteiger partial charge in [0.15, 0.2) is 0 Å². The normalized spacial score (nSPS) is 16.7. The van der Waals surface area contributed by atoms with Gasteiger partial charge >= 0.3 is 12.0 Å². The maximum Gasteiger partial charge on any atom is 0.317 e. The maximum absolute atomic E-state index is 12.1. The summed E-state index contributed by atoms with van der Waals surface area (Å²) >= 11 is 5.81. The summed E-state index contributed by atoms with van der Waals surface area (Å²) in [4.78, 5) is 24.6. The Hall–Kier alpha value is -1.95. The highest BCUT2D eigenvalue weighted by Gasteiger charge is 2.26. The van der Waals surface area contributed by atoms with Crippen LogP contribution in [0.2, 0.25) is 5.02 Å². The fraction of sp³-hybridized carbons (Fsp3) is 0.500. The zero-order chi connectivity index (χ0) is 16.8. The maximum atomic E-state index is 12.1. The molecule has 6 nitrogen and oxygen atoms in total. The van der Waals surface area contributed by atoms with E-state index in [1.807, 2.05) is 6.92 Å². The van der Waals surface area contributed by atoms with E-state index in [4.69, 9.17) is 21.4 Å². The van der Waals surface area contributed by atoms with E-state index in [2.05, 4.69) is 5.32 Å². The van der Waals surface area contributed by atoms with Crippen molar-refractivity contribution in [2.45, 2.75) is 25.9 Å². The molecule has 0 spiro atoms. The van der Waals surface area contributed by atoms with E-state index in [0.29, 0.717) is 43.2 Å². The number of rotatable bonds is 5. The lowest BCUT2D eigenvalue weighted by Crippen LogP contribution is -2.47. The van der Waals surface area contributed by atoms with Crippen molar-refractivity contribution in [3.8, 4) is 5.75 Å². The molecule has 1 aromatic carbocycles. The minimum absolute atomic E-state index is 0.180. The molecule has 2 rings (SSSR count). The molecule has 7 heteroatoms. The van der Waals surface area contributed by atoms with Crippen LogP contribution in [0.3, 0.4) is 0 Å². The third-order valence-electron chi connectivity index (χ3n) is 3.82. The Balaban J connectivity index is 1.71. The van der Waals surface area contributed by atoms with Gasteiger partial charge in [-0.05, 0) is 44.0 Å². The number of hydrogen-bond acceptors (Lipinski definition) is 3. The predicted octanol–water partition coefficient (Wildman–Crippen LogP) is 2.61. The van der Waals surface area contributed by atoms with Crippen LogP contribution in [0, 0.1) is 5.92 Å². The quantitative estimate of drug-likeness (QED) is 0.863. The first-order chi connectivity index (χ1) is 11.0. The number of urea groups is 1. The molecule has 1 unspecified atom stereocenters. The Labute approximate surface area is 140 Å². The molecule has 1 aromatic rings. The van der Waals surface area contributed by atoms with Gasteiger partial charge in [0.05, 0.1) is 12.5 Å². The van der Waals surface area contributed by atoms with E-state index in [1.165, 1.54) is 0 Å². The number of carbonyl (C=O) groups excluding carboxylic acids is 1. The number of benzene rings is 1. The largest absolute Gasteiger partial charge is 0.489 e. The van der Waals surface area contributed by atoms with Gasteiger partial charge in [0, 0.05) is 18.1 Å². The van der Waals surface area contributed by atoms with Crippen molar-refractivity contribution in [3.63, 3.8) is 0 Å². The molecule has 2 amide bonds. The molecule has 0 saturated carbocycles. The highest BCUT2D eigenvalue weighted by atomic mass is 35.5. The van der Waals surface area contributed by atoms with Crippen molar-refractivity contribution >= 4 is 23.6 Å². The van der Waals surface area contributed by atoms with Crippen molar-refractivity contribution in [1.29, 1.82) is 0 Å². The van der Waals surface area contributed by atoms with Gasteiger partial charge in [0.2, 0.25) is 0 Å². The number of aliphatic carboxylic acids is 1. The number of piperidine rings is 1. The first kappa shape index (κ1) is 17.4. The van der Waals surface area contributed by atoms with Gasteiger partial charge < -0.3 is 20.1 Å². The van der Waals surface area contributed by atoms with Gasteiger partial charge in [0.1, 0.15) is 11.9 Å². The Bertz CT molecular complexity index is 542. The molecule has 0 radical (unpaired) electrons. The van der Waals surface area contributed by atoms with E-state index < -0.39 is 5.97 Å². The zero-order valence-corrected chi connectivity index (χ0v) is 13.8. The fourth-order valence-corrected chi connectivity index (χ4v) is 2.59. The Morgan fingerprint density at radius 2 is 1.96 bits per heavy atom. The monoisotopic (exact) mass is 340 g/mol. The lowest BCUT2D eigenvalue weighted by molar-refractivity contribution is -0.143. The summed E-state index contributed by atoms with van der Waals surface area (Å²) in [7, 11) is 0. The molecule has 1 fully saturated rings. The molecular formula is C16H21ClN2O4. The number of carboxylic acid groups (broad SMARTS) is 1. The SMILES string of the molecule is CC(CNC(=O)N1CCC(C(=O)O)CC1)Oc1ccc(Cl)cc1. The average Bonchev–Trinajstić information content (AvgIpc) is 2.55. The topological polar surface area (TPSA) is 78.9 Å². The number of likely N-dealkylation sites (tertiary alicyclic amines) is 1. The standard InChI is InChI=1S/C16H21ClN2O4/c1-11(23-14-4-2-13(17)3-5-14)10-18-16(22)19-8-6-12(7-9-19)15(20)21/h2-5,11-12H,6-10H2,1H3,(H,18,22)(H,20,21). The van der Waals surface area contributed by atoms with Crippen molar-refractivity contribution in [1.82, 2.24) is 10.2 Å². The summed E-state index contributed by atoms with van der Waals surface area (Å²) in [6, 6.07) is 6.86. The van der Waals surface area contributed by atoms with E-state index in [9.17, 15) is 9.59 Å². The van der Waals surface area contributed by atoms with Crippen LogP contribution in [0.4, 0.5) is 4.79 Å². The number of hydrogen-bond donors (Lipinski definition) is 2. The number of carboxylic acids is 1. The van der Waals surface area contributed by atoms with Crippen LogP contribution in [0.25, 0.3) is 0 Å². The number of nitrogens with zero attached hydrogens (tertiary/aromatic N) is 1. The molecule has 1 saturated heterocycles. The number of amides is 2. The molecule has 1 heterocycles. The second kappa shape index (κ2) is 8.06. The van der Waals surface area contributed by atoms with Crippen LogP contribution >= 0.6 is 11.6 Å². The summed E-state index contributed by atoms with van der Waals surface area (Å²) in [5.74, 6) is -0.431. The zero-order valence-electron chi connectivity index (χ0n) is 13.0. The average molecular weight is 341 g/mol. The Kier molecular flexibility index (Phi) is 6.10. The van der Waals surface area contributed by atoms with Crippen molar-refractivity contribution < 1.29 is 19.4 Å². The summed E-state index contributed by atoms with van der Waals surface area (Å²) < 4.78 is 5.69. The van der Waals surface area contributed by atoms with Gasteiger partial charge in [-0.1, -0.05) is 11.6 Å². The molecule has 0 aromatic heterocycles. The van der Waals surface area contributed by atoms with E-state index in [-0.39, 0.29) is 18.1 Å². The molecule has 1 aliphatic heterocycles. The van der Waals surface area contributed by atoms with Crippen molar-refractivity contribution in [2.24, 2.45) is 5.92 Å². The van der Waals surface area contributed by atoms with Gasteiger partial charge in [-0.2, -0.15) is 0 Å². The van der Waals surface area contributed by atoms with Crippen LogP contribution in [-0.4, -0.2) is 47.7 Å². The lowest BCUT2D eigenvalue weighted by Gasteiger charge is -2.30. The van der Waals surface area contributed by atoms with E-state index in [1.54, 1.807) is 29.2 Å². The Morgan fingerprint density at radius 3 is 2.52 bits per heavy atom. The molecule has 1 atom stereocenters. The number of halogens is 1. The van der Waals surface area contributed by atoms with Crippen molar-refractivity contribution in [2.75, 3.05) is 19.6 Å². The van der Waals surface area contributed by atoms with Gasteiger partial charge in [0.25, 0.3) is 0 Å². The fourth-order valence-electron chi connectivity index (χ4n) is 2.46. The van der Waals surface area contributed by atoms with Gasteiger partial charge in [-0.3, -0.25) is 4.79 Å². The number of ether oxygens (including phenoxy) is 1. The summed E-state index contributed by atoms with van der Waals surface area (Å²) in [5, 5.41) is 12.4. The van der Waals surface area contributed by atoms with E-state index >= 15 is 0 Å². The summed E-state index contributed by atoms with van der Waals surface area (Å²) in [6.45, 7) is 3.18. The molecule has 2 N–H and O–H groups in total. The minimum Gasteiger partial charge on any atom is -0.489 e. The lowest BCUT2D eigenvalue weighted by atomic mass is 9.97. The van der Waals surface area contributed by atoms with Crippen LogP contribution in [0.15, 0.2) is 24.3 Å². The minimum atomic E-state index is -0.782. The molecule has 0 aliphatic carbocycles. The summed E-state index contributed by atoms with van der Waals surface area (Å²) in [6.07, 6.45) is 0.816. The third kappa shape index (κ3) is 5.32.